The van der Waals surface area contributed by atoms with Crippen molar-refractivity contribution in [3.05, 3.63) is 65.2 Å². The Labute approximate surface area is 184 Å². The highest BCUT2D eigenvalue weighted by Gasteiger charge is 2.21. The number of hydrogen-bond acceptors (Lipinski definition) is 5. The van der Waals surface area contributed by atoms with Crippen LogP contribution in [0.25, 0.3) is 18.2 Å². The molecule has 1 fully saturated rings. The molecular weight excluding hydrogens is 392 g/mol. The summed E-state index contributed by atoms with van der Waals surface area (Å²) in [6.07, 6.45) is 5.69. The number of benzene rings is 2. The Morgan fingerprint density at radius 1 is 1.00 bits per heavy atom. The average molecular weight is 423 g/mol. The molecule has 0 spiro atoms. The van der Waals surface area contributed by atoms with Crippen molar-refractivity contribution in [2.75, 3.05) is 53.6 Å². The van der Waals surface area contributed by atoms with Crippen LogP contribution >= 0.6 is 0 Å². The molecule has 2 aromatic rings. The maximum Gasteiger partial charge on any atom is 0.253 e. The van der Waals surface area contributed by atoms with Gasteiger partial charge in [0.2, 0.25) is 0 Å². The van der Waals surface area contributed by atoms with Gasteiger partial charge in [0.15, 0.2) is 0 Å². The van der Waals surface area contributed by atoms with E-state index in [0.717, 1.165) is 29.8 Å². The fourth-order valence-electron chi connectivity index (χ4n) is 3.68. The van der Waals surface area contributed by atoms with Gasteiger partial charge >= 0.3 is 0 Å². The minimum Gasteiger partial charge on any atom is -0.496 e. The number of aliphatic hydroxyl groups excluding tert-OH is 1. The van der Waals surface area contributed by atoms with Crippen molar-refractivity contribution >= 4 is 24.1 Å². The van der Waals surface area contributed by atoms with Gasteiger partial charge in [0, 0.05) is 38.3 Å². The third kappa shape index (κ3) is 5.54. The van der Waals surface area contributed by atoms with E-state index in [1.807, 2.05) is 53.5 Å². The quantitative estimate of drug-likeness (QED) is 0.662. The lowest BCUT2D eigenvalue weighted by Gasteiger charge is -2.34. The van der Waals surface area contributed by atoms with Crippen LogP contribution in [0.3, 0.4) is 0 Å². The number of rotatable bonds is 8. The first-order chi connectivity index (χ1) is 15.1. The Morgan fingerprint density at radius 3 is 2.10 bits per heavy atom. The summed E-state index contributed by atoms with van der Waals surface area (Å²) in [4.78, 5) is 16.8. The van der Waals surface area contributed by atoms with Crippen LogP contribution < -0.4 is 9.47 Å². The van der Waals surface area contributed by atoms with E-state index in [0.29, 0.717) is 36.7 Å². The Morgan fingerprint density at radius 2 is 1.58 bits per heavy atom. The van der Waals surface area contributed by atoms with Crippen LogP contribution in [-0.4, -0.2) is 74.4 Å². The number of β-amino-alcohol motifs (C(OH)–C–C–N with tert-alkyl or cyclic N) is 1. The fraction of sp³-hybridized carbons (Fsp3) is 0.320. The number of piperazine rings is 1. The molecule has 1 aliphatic heterocycles. The smallest absolute Gasteiger partial charge is 0.253 e. The van der Waals surface area contributed by atoms with E-state index in [-0.39, 0.29) is 12.5 Å². The van der Waals surface area contributed by atoms with Gasteiger partial charge in [0.05, 0.1) is 26.4 Å². The molecule has 1 saturated heterocycles. The molecule has 1 heterocycles. The number of ether oxygens (including phenoxy) is 2. The number of hydrogen-bond donors (Lipinski definition) is 1. The zero-order valence-corrected chi connectivity index (χ0v) is 18.2. The van der Waals surface area contributed by atoms with Gasteiger partial charge < -0.3 is 19.5 Å². The lowest BCUT2D eigenvalue weighted by atomic mass is 10.1. The number of methoxy groups -OCH3 is 2. The molecule has 0 saturated carbocycles. The van der Waals surface area contributed by atoms with Crippen molar-refractivity contribution in [3.63, 3.8) is 0 Å². The van der Waals surface area contributed by atoms with Gasteiger partial charge in [0.1, 0.15) is 11.5 Å². The molecule has 6 nitrogen and oxygen atoms in total. The number of aliphatic hydroxyl groups is 1. The summed E-state index contributed by atoms with van der Waals surface area (Å²) in [7, 11) is 3.25. The molecule has 0 radical (unpaired) electrons. The first-order valence-electron chi connectivity index (χ1n) is 10.4. The first kappa shape index (κ1) is 22.6. The molecule has 31 heavy (non-hydrogen) atoms. The Bertz CT molecular complexity index is 904. The van der Waals surface area contributed by atoms with Gasteiger partial charge in [-0.2, -0.15) is 0 Å². The van der Waals surface area contributed by atoms with E-state index >= 15 is 0 Å². The van der Waals surface area contributed by atoms with Crippen molar-refractivity contribution in [1.29, 1.82) is 0 Å². The van der Waals surface area contributed by atoms with Gasteiger partial charge in [0.25, 0.3) is 5.91 Å². The van der Waals surface area contributed by atoms with E-state index in [4.69, 9.17) is 14.6 Å². The van der Waals surface area contributed by atoms with Crippen LogP contribution in [0.5, 0.6) is 11.5 Å². The van der Waals surface area contributed by atoms with E-state index in [9.17, 15) is 4.79 Å². The highest BCUT2D eigenvalue weighted by atomic mass is 16.5. The zero-order chi connectivity index (χ0) is 22.2. The predicted molar refractivity (Wildman–Crippen MR) is 124 cm³/mol. The second-order valence-corrected chi connectivity index (χ2v) is 7.36. The van der Waals surface area contributed by atoms with Crippen LogP contribution in [0.1, 0.15) is 27.0 Å². The van der Waals surface area contributed by atoms with Crippen LogP contribution in [0.4, 0.5) is 0 Å². The topological polar surface area (TPSA) is 62.2 Å². The van der Waals surface area contributed by atoms with Crippen LogP contribution in [-0.2, 0) is 0 Å². The third-order valence-electron chi connectivity index (χ3n) is 5.47. The summed E-state index contributed by atoms with van der Waals surface area (Å²) in [5, 5.41) is 9.05. The maximum atomic E-state index is 12.8. The lowest BCUT2D eigenvalue weighted by molar-refractivity contribution is 0.0615. The normalized spacial score (nSPS) is 14.6. The Hall–Kier alpha value is -3.09. The summed E-state index contributed by atoms with van der Waals surface area (Å²) in [6.45, 7) is 7.60. The number of amides is 1. The van der Waals surface area contributed by atoms with Crippen molar-refractivity contribution < 1.29 is 19.4 Å². The average Bonchev–Trinajstić information content (AvgIpc) is 2.82. The minimum atomic E-state index is 0.0497. The minimum absolute atomic E-state index is 0.0497. The molecule has 0 unspecified atom stereocenters. The van der Waals surface area contributed by atoms with Crippen molar-refractivity contribution in [2.24, 2.45) is 0 Å². The van der Waals surface area contributed by atoms with E-state index in [1.54, 1.807) is 20.3 Å². The summed E-state index contributed by atoms with van der Waals surface area (Å²) < 4.78 is 10.9. The molecule has 1 aliphatic rings. The molecule has 1 N–H and O–H groups in total. The van der Waals surface area contributed by atoms with E-state index in [1.165, 1.54) is 0 Å². The number of carbonyl (C=O) groups excluding carboxylic acids is 1. The van der Waals surface area contributed by atoms with Gasteiger partial charge in [-0.1, -0.05) is 36.9 Å². The molecule has 1 amide bonds. The number of nitrogens with zero attached hydrogens (tertiary/aromatic N) is 2. The molecule has 3 rings (SSSR count). The van der Waals surface area contributed by atoms with Gasteiger partial charge in [-0.3, -0.25) is 9.69 Å². The van der Waals surface area contributed by atoms with Gasteiger partial charge in [-0.25, -0.2) is 0 Å². The van der Waals surface area contributed by atoms with Crippen molar-refractivity contribution in [1.82, 2.24) is 9.80 Å². The second kappa shape index (κ2) is 10.8. The lowest BCUT2D eigenvalue weighted by Crippen LogP contribution is -2.49. The number of carbonyl (C=O) groups is 1. The monoisotopic (exact) mass is 422 g/mol. The van der Waals surface area contributed by atoms with E-state index in [2.05, 4.69) is 11.5 Å². The summed E-state index contributed by atoms with van der Waals surface area (Å²) in [6, 6.07) is 11.5. The first-order valence-corrected chi connectivity index (χ1v) is 10.4. The molecular formula is C25H30N2O4. The molecule has 0 atom stereocenters. The standard InChI is InChI=1S/C25H30N2O4/c1-4-22-23(30-2)17-20(18-24(22)31-3)6-5-19-7-9-21(10-8-19)25(29)27-13-11-26(12-14-27)15-16-28/h4-10,17-18,28H,1,11-16H2,2-3H3/b6-5+. The van der Waals surface area contributed by atoms with Crippen molar-refractivity contribution in [3.8, 4) is 11.5 Å². The maximum absolute atomic E-state index is 12.8. The molecule has 0 aromatic heterocycles. The Kier molecular flexibility index (Phi) is 7.87. The summed E-state index contributed by atoms with van der Waals surface area (Å²) in [5.41, 5.74) is 3.45. The highest BCUT2D eigenvalue weighted by Crippen LogP contribution is 2.32. The summed E-state index contributed by atoms with van der Waals surface area (Å²) in [5.74, 6) is 1.46. The second-order valence-electron chi connectivity index (χ2n) is 7.36. The molecule has 2 aromatic carbocycles. The van der Waals surface area contributed by atoms with Crippen LogP contribution in [0.15, 0.2) is 43.0 Å². The molecule has 0 aliphatic carbocycles. The molecule has 0 bridgehead atoms. The fourth-order valence-corrected chi connectivity index (χ4v) is 3.68. The van der Waals surface area contributed by atoms with E-state index < -0.39 is 0 Å². The Balaban J connectivity index is 1.67. The largest absolute Gasteiger partial charge is 0.496 e. The predicted octanol–water partition coefficient (Wildman–Crippen LogP) is 3.27. The van der Waals surface area contributed by atoms with Crippen LogP contribution in [0, 0.1) is 0 Å². The zero-order valence-electron chi connectivity index (χ0n) is 18.2. The highest BCUT2D eigenvalue weighted by molar-refractivity contribution is 5.94. The molecule has 164 valence electrons. The SMILES string of the molecule is C=Cc1c(OC)cc(/C=C/c2ccc(C(=O)N3CCN(CCO)CC3)cc2)cc1OC. The third-order valence-corrected chi connectivity index (χ3v) is 5.47. The molecule has 6 heteroatoms. The van der Waals surface area contributed by atoms with Gasteiger partial charge in [-0.05, 0) is 35.4 Å². The van der Waals surface area contributed by atoms with Crippen molar-refractivity contribution in [2.45, 2.75) is 0 Å². The van der Waals surface area contributed by atoms with Crippen LogP contribution in [0.2, 0.25) is 0 Å². The summed E-state index contributed by atoms with van der Waals surface area (Å²) >= 11 is 0. The van der Waals surface area contributed by atoms with Gasteiger partial charge in [-0.15, -0.1) is 0 Å².